The van der Waals surface area contributed by atoms with Crippen LogP contribution in [0.25, 0.3) is 22.5 Å². The predicted octanol–water partition coefficient (Wildman–Crippen LogP) is 2.65. The average molecular weight is 467 g/mol. The summed E-state index contributed by atoms with van der Waals surface area (Å²) in [5.74, 6) is -0.269. The lowest BCUT2D eigenvalue weighted by atomic mass is 9.82. The van der Waals surface area contributed by atoms with E-state index >= 15 is 0 Å². The molecule has 0 saturated carbocycles. The lowest BCUT2D eigenvalue weighted by Gasteiger charge is -2.24. The molecule has 1 aliphatic rings. The number of benzene rings is 2. The molecule has 3 heterocycles. The first-order valence-electron chi connectivity index (χ1n) is 10.7. The molecule has 0 spiro atoms. The Labute approximate surface area is 200 Å². The number of H-pyrrole nitrogens is 1. The second kappa shape index (κ2) is 8.72. The number of fused-ring (bicyclic) bond motifs is 1. The van der Waals surface area contributed by atoms with E-state index in [9.17, 15) is 10.1 Å². The summed E-state index contributed by atoms with van der Waals surface area (Å²) >= 11 is 0. The first-order chi connectivity index (χ1) is 17.0. The Bertz CT molecular complexity index is 1480. The number of carbonyl (C=O) groups excluding carboxylic acids is 1. The van der Waals surface area contributed by atoms with E-state index < -0.39 is 11.8 Å². The molecule has 5 N–H and O–H groups in total. The van der Waals surface area contributed by atoms with Gasteiger partial charge in [0.15, 0.2) is 0 Å². The molecule has 2 aromatic carbocycles. The van der Waals surface area contributed by atoms with Gasteiger partial charge in [0.25, 0.3) is 0 Å². The van der Waals surface area contributed by atoms with Crippen molar-refractivity contribution in [2.45, 2.75) is 12.5 Å². The van der Waals surface area contributed by atoms with Crippen LogP contribution in [-0.4, -0.2) is 33.0 Å². The Morgan fingerprint density at radius 2 is 1.94 bits per heavy atom. The number of carbonyl (C=O) groups is 1. The van der Waals surface area contributed by atoms with E-state index in [1.165, 1.54) is 4.68 Å². The summed E-state index contributed by atoms with van der Waals surface area (Å²) in [5, 5.41) is 22.1. The Morgan fingerprint density at radius 3 is 2.60 bits per heavy atom. The number of methoxy groups -OCH3 is 1. The van der Waals surface area contributed by atoms with Gasteiger partial charge in [0.2, 0.25) is 17.7 Å². The van der Waals surface area contributed by atoms with Crippen molar-refractivity contribution in [3.05, 3.63) is 83.4 Å². The Hall–Kier alpha value is -5.04. The molecule has 0 aliphatic carbocycles. The van der Waals surface area contributed by atoms with Gasteiger partial charge in [0.1, 0.15) is 23.9 Å². The number of ether oxygens (including phenoxy) is 2. The van der Waals surface area contributed by atoms with Gasteiger partial charge in [0.05, 0.1) is 30.0 Å². The molecule has 1 amide bonds. The van der Waals surface area contributed by atoms with Crippen molar-refractivity contribution in [1.82, 2.24) is 20.0 Å². The molecule has 10 nitrogen and oxygen atoms in total. The van der Waals surface area contributed by atoms with Crippen LogP contribution in [0.4, 0.5) is 0 Å². The summed E-state index contributed by atoms with van der Waals surface area (Å²) in [6.45, 7) is -0.117. The summed E-state index contributed by atoms with van der Waals surface area (Å²) in [6.07, 6.45) is 1.71. The van der Waals surface area contributed by atoms with Gasteiger partial charge in [-0.05, 0) is 24.3 Å². The largest absolute Gasteiger partial charge is 0.497 e. The summed E-state index contributed by atoms with van der Waals surface area (Å²) < 4.78 is 12.5. The van der Waals surface area contributed by atoms with Crippen molar-refractivity contribution in [2.24, 2.45) is 11.5 Å². The zero-order valence-electron chi connectivity index (χ0n) is 18.7. The number of nitrogens with one attached hydrogen (secondary N) is 1. The molecule has 0 fully saturated rings. The smallest absolute Gasteiger partial charge is 0.244 e. The maximum Gasteiger partial charge on any atom is 0.244 e. The second-order valence-corrected chi connectivity index (χ2v) is 7.93. The number of hydrogen-bond acceptors (Lipinski definition) is 7. The van der Waals surface area contributed by atoms with E-state index in [2.05, 4.69) is 21.4 Å². The molecule has 2 aromatic heterocycles. The maximum absolute atomic E-state index is 11.7. The van der Waals surface area contributed by atoms with Gasteiger partial charge >= 0.3 is 0 Å². The average Bonchev–Trinajstić information content (AvgIpc) is 3.47. The minimum Gasteiger partial charge on any atom is -0.497 e. The summed E-state index contributed by atoms with van der Waals surface area (Å²) in [5.41, 5.74) is 16.0. The Morgan fingerprint density at radius 1 is 1.20 bits per heavy atom. The van der Waals surface area contributed by atoms with Crippen LogP contribution in [0.2, 0.25) is 0 Å². The predicted molar refractivity (Wildman–Crippen MR) is 127 cm³/mol. The molecule has 4 aromatic rings. The third kappa shape index (κ3) is 3.85. The van der Waals surface area contributed by atoms with E-state index in [1.54, 1.807) is 13.3 Å². The Kier molecular flexibility index (Phi) is 5.43. The Balaban J connectivity index is 1.74. The molecule has 1 atom stereocenters. The van der Waals surface area contributed by atoms with Gasteiger partial charge < -0.3 is 20.9 Å². The zero-order chi connectivity index (χ0) is 24.5. The first-order valence-corrected chi connectivity index (χ1v) is 10.7. The highest BCUT2D eigenvalue weighted by Crippen LogP contribution is 2.47. The molecule has 174 valence electrons. The fourth-order valence-corrected chi connectivity index (χ4v) is 4.24. The van der Waals surface area contributed by atoms with Gasteiger partial charge in [-0.25, -0.2) is 0 Å². The highest BCUT2D eigenvalue weighted by Gasteiger charge is 2.38. The molecule has 5 rings (SSSR count). The number of amides is 1. The van der Waals surface area contributed by atoms with Crippen LogP contribution >= 0.6 is 0 Å². The molecule has 1 unspecified atom stereocenters. The summed E-state index contributed by atoms with van der Waals surface area (Å²) in [6, 6.07) is 19.1. The molecule has 10 heteroatoms. The lowest BCUT2D eigenvalue weighted by molar-refractivity contribution is -0.118. The quantitative estimate of drug-likeness (QED) is 0.393. The van der Waals surface area contributed by atoms with Gasteiger partial charge in [-0.3, -0.25) is 14.6 Å². The number of nitrogens with two attached hydrogens (primary N) is 2. The number of hydrogen-bond donors (Lipinski definition) is 3. The number of allylic oxidation sites excluding steroid dienone is 1. The van der Waals surface area contributed by atoms with E-state index in [0.717, 1.165) is 11.1 Å². The van der Waals surface area contributed by atoms with Crippen LogP contribution in [-0.2, 0) is 11.3 Å². The molecule has 1 aliphatic heterocycles. The first kappa shape index (κ1) is 21.8. The molecule has 35 heavy (non-hydrogen) atoms. The number of primary amides is 1. The van der Waals surface area contributed by atoms with Gasteiger partial charge in [-0.2, -0.15) is 10.4 Å². The van der Waals surface area contributed by atoms with E-state index in [4.69, 9.17) is 20.9 Å². The number of nitrogens with zero attached hydrogens (tertiary/aromatic N) is 4. The molecular weight excluding hydrogens is 446 g/mol. The van der Waals surface area contributed by atoms with Crippen LogP contribution in [0, 0.1) is 11.3 Å². The lowest BCUT2D eigenvalue weighted by Crippen LogP contribution is -2.21. The van der Waals surface area contributed by atoms with Crippen LogP contribution in [0.15, 0.2) is 72.3 Å². The van der Waals surface area contributed by atoms with Gasteiger partial charge in [0, 0.05) is 22.9 Å². The minimum absolute atomic E-state index is 0.0422. The zero-order valence-corrected chi connectivity index (χ0v) is 18.7. The van der Waals surface area contributed by atoms with Crippen molar-refractivity contribution >= 4 is 5.91 Å². The standard InChI is InChI=1S/C25H21N7O3/c1-34-16-9-7-15(8-10-16)23-21-20(17(11-26)24(28)35-25(21)30-29-23)18-12-32(13-19(27)33)31-22(18)14-5-3-2-4-6-14/h2-10,12,20H,13,28H2,1H3,(H2,27,33)(H,29,30). The van der Waals surface area contributed by atoms with Crippen molar-refractivity contribution in [3.8, 4) is 40.2 Å². The van der Waals surface area contributed by atoms with E-state index in [-0.39, 0.29) is 23.9 Å². The number of aromatic nitrogens is 4. The van der Waals surface area contributed by atoms with Crippen LogP contribution < -0.4 is 20.9 Å². The van der Waals surface area contributed by atoms with Crippen molar-refractivity contribution < 1.29 is 14.3 Å². The molecule has 0 saturated heterocycles. The van der Waals surface area contributed by atoms with Crippen LogP contribution in [0.3, 0.4) is 0 Å². The van der Waals surface area contributed by atoms with Crippen molar-refractivity contribution in [2.75, 3.05) is 7.11 Å². The highest BCUT2D eigenvalue weighted by atomic mass is 16.5. The SMILES string of the molecule is COc1ccc(-c2[nH]nc3c2C(c2cn(CC(N)=O)nc2-c2ccccc2)C(C#N)=C(N)O3)cc1. The topological polar surface area (TPSA) is 158 Å². The van der Waals surface area contributed by atoms with Crippen LogP contribution in [0.5, 0.6) is 11.6 Å². The summed E-state index contributed by atoms with van der Waals surface area (Å²) in [7, 11) is 1.60. The number of rotatable bonds is 6. The van der Waals surface area contributed by atoms with Crippen molar-refractivity contribution in [3.63, 3.8) is 0 Å². The molecule has 0 radical (unpaired) electrons. The monoisotopic (exact) mass is 467 g/mol. The molecule has 0 bridgehead atoms. The molecular formula is C25H21N7O3. The third-order valence-electron chi connectivity index (χ3n) is 5.78. The third-order valence-corrected chi connectivity index (χ3v) is 5.78. The number of nitriles is 1. The van der Waals surface area contributed by atoms with Gasteiger partial charge in [-0.15, -0.1) is 5.10 Å². The maximum atomic E-state index is 11.7. The highest BCUT2D eigenvalue weighted by molar-refractivity contribution is 5.76. The van der Waals surface area contributed by atoms with Crippen molar-refractivity contribution in [1.29, 1.82) is 5.26 Å². The fraction of sp³-hybridized carbons (Fsp3) is 0.120. The fourth-order valence-electron chi connectivity index (χ4n) is 4.24. The van der Waals surface area contributed by atoms with Crippen LogP contribution in [0.1, 0.15) is 17.0 Å². The van der Waals surface area contributed by atoms with Gasteiger partial charge in [-0.1, -0.05) is 30.3 Å². The van der Waals surface area contributed by atoms with E-state index in [0.29, 0.717) is 28.3 Å². The second-order valence-electron chi connectivity index (χ2n) is 7.93. The van der Waals surface area contributed by atoms with E-state index in [1.807, 2.05) is 54.6 Å². The normalized spacial score (nSPS) is 14.7. The summed E-state index contributed by atoms with van der Waals surface area (Å²) in [4.78, 5) is 11.7. The number of aromatic amines is 1. The minimum atomic E-state index is -0.656.